The quantitative estimate of drug-likeness (QED) is 0.622. The minimum Gasteiger partial charge on any atom is -0.482 e. The van der Waals surface area contributed by atoms with Crippen molar-refractivity contribution in [2.24, 2.45) is 0 Å². The first-order valence-corrected chi connectivity index (χ1v) is 5.63. The third kappa shape index (κ3) is 2.42. The van der Waals surface area contributed by atoms with Crippen LogP contribution in [0.1, 0.15) is 10.5 Å². The molecule has 0 amide bonds. The molecule has 6 heteroatoms. The Morgan fingerprint density at radius 2 is 2.21 bits per heavy atom. The molecule has 0 aliphatic heterocycles. The first kappa shape index (κ1) is 13.1. The van der Waals surface area contributed by atoms with Crippen LogP contribution in [0.3, 0.4) is 0 Å². The van der Waals surface area contributed by atoms with E-state index in [-0.39, 0.29) is 17.1 Å². The second-order valence-corrected chi connectivity index (χ2v) is 4.17. The lowest BCUT2D eigenvalue weighted by Crippen LogP contribution is -2.06. The molecule has 2 heterocycles. The van der Waals surface area contributed by atoms with Gasteiger partial charge in [-0.25, -0.2) is 9.37 Å². The molecule has 0 unspecified atom stereocenters. The fourth-order valence-corrected chi connectivity index (χ4v) is 1.67. The topological polar surface area (TPSA) is 46.8 Å². The van der Waals surface area contributed by atoms with Crippen LogP contribution in [0, 0.1) is 5.82 Å². The van der Waals surface area contributed by atoms with Crippen molar-refractivity contribution in [1.29, 1.82) is 0 Å². The van der Waals surface area contributed by atoms with Gasteiger partial charge in [0.25, 0.3) is 0 Å². The third-order valence-corrected chi connectivity index (χ3v) is 2.55. The van der Waals surface area contributed by atoms with Gasteiger partial charge in [0.2, 0.25) is 5.78 Å². The standard InChI is InChI=1S/C13H14FN3O2/c1-16(2)7-6-11(18)10-8-15-13-9(14)4-5-12(19-3)17(10)13/h4-8H,1-3H3/b7-6+. The molecule has 0 atom stereocenters. The van der Waals surface area contributed by atoms with Crippen LogP contribution in [-0.2, 0) is 0 Å². The number of carbonyl (C=O) groups is 1. The lowest BCUT2D eigenvalue weighted by atomic mass is 10.3. The zero-order chi connectivity index (χ0) is 14.0. The minimum absolute atomic E-state index is 0.0703. The molecule has 0 N–H and O–H groups in total. The molecule has 100 valence electrons. The summed E-state index contributed by atoms with van der Waals surface area (Å²) in [5.41, 5.74) is 0.324. The molecule has 2 aromatic rings. The number of ketones is 1. The average Bonchev–Trinajstić information content (AvgIpc) is 2.82. The first-order chi connectivity index (χ1) is 9.04. The summed E-state index contributed by atoms with van der Waals surface area (Å²) in [6.07, 6.45) is 4.35. The number of methoxy groups -OCH3 is 1. The third-order valence-electron chi connectivity index (χ3n) is 2.55. The molecular formula is C13H14FN3O2. The van der Waals surface area contributed by atoms with Crippen molar-refractivity contribution in [3.8, 4) is 5.88 Å². The summed E-state index contributed by atoms with van der Waals surface area (Å²) < 4.78 is 20.1. The van der Waals surface area contributed by atoms with E-state index in [0.29, 0.717) is 5.88 Å². The molecule has 2 aromatic heterocycles. The van der Waals surface area contributed by atoms with Crippen LogP contribution in [0.5, 0.6) is 5.88 Å². The molecule has 0 saturated carbocycles. The molecule has 0 spiro atoms. The zero-order valence-electron chi connectivity index (χ0n) is 10.9. The Hall–Kier alpha value is -2.37. The van der Waals surface area contributed by atoms with Gasteiger partial charge >= 0.3 is 0 Å². The summed E-state index contributed by atoms with van der Waals surface area (Å²) in [6.45, 7) is 0. The number of nitrogens with zero attached hydrogens (tertiary/aromatic N) is 3. The van der Waals surface area contributed by atoms with E-state index in [4.69, 9.17) is 4.74 Å². The maximum absolute atomic E-state index is 13.6. The van der Waals surface area contributed by atoms with E-state index < -0.39 is 5.82 Å². The molecule has 0 aliphatic carbocycles. The Kier molecular flexibility index (Phi) is 3.50. The Balaban J connectivity index is 2.56. The summed E-state index contributed by atoms with van der Waals surface area (Å²) in [6, 6.07) is 2.71. The zero-order valence-corrected chi connectivity index (χ0v) is 10.9. The molecule has 0 aliphatic rings. The Morgan fingerprint density at radius 1 is 1.47 bits per heavy atom. The van der Waals surface area contributed by atoms with Crippen molar-refractivity contribution in [3.63, 3.8) is 0 Å². The van der Waals surface area contributed by atoms with Crippen molar-refractivity contribution < 1.29 is 13.9 Å². The number of imidazole rings is 1. The van der Waals surface area contributed by atoms with Crippen LogP contribution in [-0.4, -0.2) is 41.3 Å². The van der Waals surface area contributed by atoms with Crippen molar-refractivity contribution in [1.82, 2.24) is 14.3 Å². The van der Waals surface area contributed by atoms with Crippen LogP contribution in [0.2, 0.25) is 0 Å². The molecule has 19 heavy (non-hydrogen) atoms. The number of ether oxygens (including phenoxy) is 1. The van der Waals surface area contributed by atoms with Crippen LogP contribution >= 0.6 is 0 Å². The fraction of sp³-hybridized carbons (Fsp3) is 0.231. The molecule has 5 nitrogen and oxygen atoms in total. The highest BCUT2D eigenvalue weighted by molar-refractivity contribution is 6.03. The van der Waals surface area contributed by atoms with Crippen LogP contribution in [0.15, 0.2) is 30.6 Å². The number of halogens is 1. The molecule has 2 rings (SSSR count). The Labute approximate surface area is 109 Å². The van der Waals surface area contributed by atoms with Gasteiger partial charge in [-0.05, 0) is 6.07 Å². The van der Waals surface area contributed by atoms with E-state index in [9.17, 15) is 9.18 Å². The number of hydrogen-bond donors (Lipinski definition) is 0. The maximum atomic E-state index is 13.6. The second-order valence-electron chi connectivity index (χ2n) is 4.17. The average molecular weight is 263 g/mol. The van der Waals surface area contributed by atoms with E-state index in [1.807, 2.05) is 0 Å². The maximum Gasteiger partial charge on any atom is 0.205 e. The molecule has 0 saturated heterocycles. The number of rotatable bonds is 4. The van der Waals surface area contributed by atoms with E-state index in [0.717, 1.165) is 0 Å². The second kappa shape index (κ2) is 5.09. The molecular weight excluding hydrogens is 249 g/mol. The molecule has 0 aromatic carbocycles. The number of pyridine rings is 1. The van der Waals surface area contributed by atoms with Crippen molar-refractivity contribution in [2.45, 2.75) is 0 Å². The lowest BCUT2D eigenvalue weighted by molar-refractivity contribution is 0.103. The monoisotopic (exact) mass is 263 g/mol. The summed E-state index contributed by atoms with van der Waals surface area (Å²) >= 11 is 0. The number of carbonyl (C=O) groups excluding carboxylic acids is 1. The van der Waals surface area contributed by atoms with Gasteiger partial charge in [0.15, 0.2) is 17.3 Å². The van der Waals surface area contributed by atoms with Crippen LogP contribution in [0.25, 0.3) is 5.65 Å². The molecule has 0 radical (unpaired) electrons. The largest absolute Gasteiger partial charge is 0.482 e. The van der Waals surface area contributed by atoms with Gasteiger partial charge in [-0.1, -0.05) is 0 Å². The van der Waals surface area contributed by atoms with Gasteiger partial charge in [0.05, 0.1) is 13.3 Å². The van der Waals surface area contributed by atoms with Gasteiger partial charge in [-0.2, -0.15) is 0 Å². The fourth-order valence-electron chi connectivity index (χ4n) is 1.67. The number of aromatic nitrogens is 2. The lowest BCUT2D eigenvalue weighted by Gasteiger charge is -2.07. The minimum atomic E-state index is -0.503. The summed E-state index contributed by atoms with van der Waals surface area (Å²) in [5, 5.41) is 0. The summed E-state index contributed by atoms with van der Waals surface area (Å²) in [7, 11) is 5.06. The highest BCUT2D eigenvalue weighted by atomic mass is 19.1. The van der Waals surface area contributed by atoms with Crippen molar-refractivity contribution in [3.05, 3.63) is 42.1 Å². The predicted octanol–water partition coefficient (Wildman–Crippen LogP) is 1.74. The van der Waals surface area contributed by atoms with Crippen molar-refractivity contribution >= 4 is 11.4 Å². The van der Waals surface area contributed by atoms with Crippen LogP contribution < -0.4 is 4.74 Å². The summed E-state index contributed by atoms with van der Waals surface area (Å²) in [5.74, 6) is -0.419. The Morgan fingerprint density at radius 3 is 2.84 bits per heavy atom. The molecule has 0 fully saturated rings. The van der Waals surface area contributed by atoms with Gasteiger partial charge in [0, 0.05) is 32.4 Å². The highest BCUT2D eigenvalue weighted by Crippen LogP contribution is 2.20. The highest BCUT2D eigenvalue weighted by Gasteiger charge is 2.15. The van der Waals surface area contributed by atoms with Crippen molar-refractivity contribution in [2.75, 3.05) is 21.2 Å². The first-order valence-electron chi connectivity index (χ1n) is 5.63. The van der Waals surface area contributed by atoms with Gasteiger partial charge < -0.3 is 9.64 Å². The summed E-state index contributed by atoms with van der Waals surface area (Å²) in [4.78, 5) is 17.7. The SMILES string of the molecule is COc1ccc(F)c2ncc(C(=O)/C=C/N(C)C)n12. The predicted molar refractivity (Wildman–Crippen MR) is 68.9 cm³/mol. The number of hydrogen-bond acceptors (Lipinski definition) is 4. The Bertz CT molecular complexity index is 647. The normalized spacial score (nSPS) is 11.2. The van der Waals surface area contributed by atoms with Gasteiger partial charge in [-0.3, -0.25) is 9.20 Å². The van der Waals surface area contributed by atoms with E-state index in [1.54, 1.807) is 25.2 Å². The molecule has 0 bridgehead atoms. The smallest absolute Gasteiger partial charge is 0.205 e. The van der Waals surface area contributed by atoms with E-state index >= 15 is 0 Å². The van der Waals surface area contributed by atoms with Gasteiger partial charge in [-0.15, -0.1) is 0 Å². The number of fused-ring (bicyclic) bond motifs is 1. The number of allylic oxidation sites excluding steroid dienone is 1. The van der Waals surface area contributed by atoms with E-state index in [1.165, 1.54) is 35.9 Å². The van der Waals surface area contributed by atoms with E-state index in [2.05, 4.69) is 4.98 Å². The van der Waals surface area contributed by atoms with Gasteiger partial charge in [0.1, 0.15) is 5.69 Å². The van der Waals surface area contributed by atoms with Crippen LogP contribution in [0.4, 0.5) is 4.39 Å².